The van der Waals surface area contributed by atoms with E-state index in [4.69, 9.17) is 4.98 Å². The number of amides is 1. The Morgan fingerprint density at radius 1 is 1.21 bits per heavy atom. The Bertz CT molecular complexity index is 1210. The number of rotatable bonds is 5. The zero-order chi connectivity index (χ0) is 20.0. The number of hydrogen-bond acceptors (Lipinski definition) is 5. The molecule has 146 valence electrons. The first kappa shape index (κ1) is 18.0. The van der Waals surface area contributed by atoms with Gasteiger partial charge >= 0.3 is 0 Å². The predicted molar refractivity (Wildman–Crippen MR) is 115 cm³/mol. The van der Waals surface area contributed by atoms with Gasteiger partial charge in [-0.2, -0.15) is 5.10 Å². The van der Waals surface area contributed by atoms with E-state index in [9.17, 15) is 4.79 Å². The van der Waals surface area contributed by atoms with Crippen LogP contribution >= 0.6 is 11.3 Å². The van der Waals surface area contributed by atoms with Crippen molar-refractivity contribution >= 4 is 33.1 Å². The molecule has 0 unspecified atom stereocenters. The third-order valence-electron chi connectivity index (χ3n) is 5.22. The SMILES string of the molecule is Cc1nc(C2CC2)nc2sc(C(=O)Nc3cnn(Cc4ccccc4)c3)c(C)c12. The van der Waals surface area contributed by atoms with Gasteiger partial charge in [0.2, 0.25) is 0 Å². The summed E-state index contributed by atoms with van der Waals surface area (Å²) in [5.41, 5.74) is 3.75. The molecule has 0 radical (unpaired) electrons. The first-order chi connectivity index (χ1) is 14.1. The molecule has 0 saturated heterocycles. The Morgan fingerprint density at radius 3 is 2.76 bits per heavy atom. The molecule has 4 aromatic rings. The predicted octanol–water partition coefficient (Wildman–Crippen LogP) is 4.68. The monoisotopic (exact) mass is 403 g/mol. The van der Waals surface area contributed by atoms with Gasteiger partial charge in [-0.15, -0.1) is 11.3 Å². The van der Waals surface area contributed by atoms with Crippen LogP contribution < -0.4 is 5.32 Å². The quantitative estimate of drug-likeness (QED) is 0.525. The maximum atomic E-state index is 12.9. The second-order valence-electron chi connectivity index (χ2n) is 7.54. The number of thiophene rings is 1. The van der Waals surface area contributed by atoms with Gasteiger partial charge < -0.3 is 5.32 Å². The first-order valence-corrected chi connectivity index (χ1v) is 10.6. The molecule has 1 saturated carbocycles. The van der Waals surface area contributed by atoms with Crippen molar-refractivity contribution in [3.8, 4) is 0 Å². The Balaban J connectivity index is 1.37. The molecule has 5 rings (SSSR count). The number of aryl methyl sites for hydroxylation is 2. The summed E-state index contributed by atoms with van der Waals surface area (Å²) < 4.78 is 1.82. The lowest BCUT2D eigenvalue weighted by molar-refractivity contribution is 0.103. The number of carbonyl (C=O) groups excluding carboxylic acids is 1. The van der Waals surface area contributed by atoms with Crippen LogP contribution in [0.2, 0.25) is 0 Å². The minimum Gasteiger partial charge on any atom is -0.319 e. The van der Waals surface area contributed by atoms with Gasteiger partial charge in [-0.3, -0.25) is 9.48 Å². The third kappa shape index (κ3) is 3.53. The topological polar surface area (TPSA) is 72.7 Å². The van der Waals surface area contributed by atoms with Crippen LogP contribution in [0, 0.1) is 13.8 Å². The van der Waals surface area contributed by atoms with Gasteiger partial charge in [-0.25, -0.2) is 9.97 Å². The van der Waals surface area contributed by atoms with Gasteiger partial charge in [-0.1, -0.05) is 30.3 Å². The van der Waals surface area contributed by atoms with E-state index in [0.29, 0.717) is 23.0 Å². The minimum atomic E-state index is -0.128. The van der Waals surface area contributed by atoms with Crippen molar-refractivity contribution in [1.29, 1.82) is 0 Å². The van der Waals surface area contributed by atoms with Gasteiger partial charge in [0.05, 0.1) is 29.0 Å². The highest BCUT2D eigenvalue weighted by molar-refractivity contribution is 7.20. The number of nitrogens with zero attached hydrogens (tertiary/aromatic N) is 4. The van der Waals surface area contributed by atoms with Crippen LogP contribution in [0.4, 0.5) is 5.69 Å². The van der Waals surface area contributed by atoms with Crippen molar-refractivity contribution in [2.75, 3.05) is 5.32 Å². The van der Waals surface area contributed by atoms with E-state index in [-0.39, 0.29) is 5.91 Å². The molecular weight excluding hydrogens is 382 g/mol. The molecule has 3 heterocycles. The van der Waals surface area contributed by atoms with E-state index in [1.54, 1.807) is 6.20 Å². The average Bonchev–Trinajstić information content (AvgIpc) is 3.39. The molecule has 3 aromatic heterocycles. The smallest absolute Gasteiger partial charge is 0.266 e. The Morgan fingerprint density at radius 2 is 2.00 bits per heavy atom. The van der Waals surface area contributed by atoms with Crippen LogP contribution in [0.15, 0.2) is 42.7 Å². The number of benzene rings is 1. The standard InChI is InChI=1S/C22H21N5OS/c1-13-18-14(2)24-20(16-8-9-16)26-22(18)29-19(13)21(28)25-17-10-23-27(12-17)11-15-6-4-3-5-7-15/h3-7,10,12,16H,8-9,11H2,1-2H3,(H,25,28). The van der Waals surface area contributed by atoms with Crippen molar-refractivity contribution in [2.45, 2.75) is 39.2 Å². The van der Waals surface area contributed by atoms with E-state index in [2.05, 4.69) is 27.5 Å². The van der Waals surface area contributed by atoms with Crippen molar-refractivity contribution in [3.05, 3.63) is 70.2 Å². The summed E-state index contributed by atoms with van der Waals surface area (Å²) in [4.78, 5) is 23.9. The maximum absolute atomic E-state index is 12.9. The van der Waals surface area contributed by atoms with Crippen LogP contribution in [-0.2, 0) is 6.54 Å². The van der Waals surface area contributed by atoms with E-state index < -0.39 is 0 Å². The van der Waals surface area contributed by atoms with Crippen molar-refractivity contribution < 1.29 is 4.79 Å². The summed E-state index contributed by atoms with van der Waals surface area (Å²) in [5, 5.41) is 8.34. The molecule has 0 bridgehead atoms. The van der Waals surface area contributed by atoms with Crippen LogP contribution in [0.25, 0.3) is 10.2 Å². The second kappa shape index (κ2) is 7.08. The van der Waals surface area contributed by atoms with E-state index in [0.717, 1.165) is 45.7 Å². The summed E-state index contributed by atoms with van der Waals surface area (Å²) in [7, 11) is 0. The fraction of sp³-hybridized carbons (Fsp3) is 0.273. The van der Waals surface area contributed by atoms with Crippen molar-refractivity contribution in [1.82, 2.24) is 19.7 Å². The van der Waals surface area contributed by atoms with Gasteiger partial charge in [0.25, 0.3) is 5.91 Å². The molecule has 1 aliphatic rings. The second-order valence-corrected chi connectivity index (χ2v) is 8.54. The highest BCUT2D eigenvalue weighted by Crippen LogP contribution is 2.40. The highest BCUT2D eigenvalue weighted by Gasteiger charge is 2.28. The zero-order valence-corrected chi connectivity index (χ0v) is 17.2. The molecule has 1 aromatic carbocycles. The average molecular weight is 404 g/mol. The summed E-state index contributed by atoms with van der Waals surface area (Å²) in [5.74, 6) is 1.29. The van der Waals surface area contributed by atoms with Gasteiger partial charge in [0, 0.05) is 17.5 Å². The fourth-order valence-corrected chi connectivity index (χ4v) is 4.71. The summed E-state index contributed by atoms with van der Waals surface area (Å²) in [6.07, 6.45) is 5.86. The summed E-state index contributed by atoms with van der Waals surface area (Å²) in [6.45, 7) is 4.64. The minimum absolute atomic E-state index is 0.128. The summed E-state index contributed by atoms with van der Waals surface area (Å²) >= 11 is 1.44. The number of anilines is 1. The first-order valence-electron chi connectivity index (χ1n) is 9.74. The van der Waals surface area contributed by atoms with Crippen LogP contribution in [-0.4, -0.2) is 25.7 Å². The number of nitrogens with one attached hydrogen (secondary N) is 1. The summed E-state index contributed by atoms with van der Waals surface area (Å²) in [6, 6.07) is 10.1. The number of hydrogen-bond donors (Lipinski definition) is 1. The van der Waals surface area contributed by atoms with E-state index >= 15 is 0 Å². The largest absolute Gasteiger partial charge is 0.319 e. The van der Waals surface area contributed by atoms with Gasteiger partial charge in [0.1, 0.15) is 10.7 Å². The molecule has 0 atom stereocenters. The third-order valence-corrected chi connectivity index (χ3v) is 6.40. The maximum Gasteiger partial charge on any atom is 0.266 e. The van der Waals surface area contributed by atoms with Crippen LogP contribution in [0.1, 0.15) is 51.1 Å². The van der Waals surface area contributed by atoms with Crippen molar-refractivity contribution in [3.63, 3.8) is 0 Å². The number of carbonyl (C=O) groups is 1. The number of fused-ring (bicyclic) bond motifs is 1. The Labute approximate surface area is 172 Å². The normalized spacial score (nSPS) is 13.7. The number of aromatic nitrogens is 4. The molecule has 6 nitrogen and oxygen atoms in total. The molecule has 1 aliphatic carbocycles. The molecule has 29 heavy (non-hydrogen) atoms. The van der Waals surface area contributed by atoms with E-state index in [1.165, 1.54) is 11.3 Å². The van der Waals surface area contributed by atoms with Gasteiger partial charge in [0.15, 0.2) is 0 Å². The molecular formula is C22H21N5OS. The Hall–Kier alpha value is -3.06. The molecule has 1 amide bonds. The van der Waals surface area contributed by atoms with Crippen LogP contribution in [0.5, 0.6) is 0 Å². The van der Waals surface area contributed by atoms with Crippen molar-refractivity contribution in [2.24, 2.45) is 0 Å². The lowest BCUT2D eigenvalue weighted by Gasteiger charge is -2.03. The molecule has 1 fully saturated rings. The van der Waals surface area contributed by atoms with Crippen LogP contribution in [0.3, 0.4) is 0 Å². The lowest BCUT2D eigenvalue weighted by Crippen LogP contribution is -2.11. The van der Waals surface area contributed by atoms with Gasteiger partial charge in [-0.05, 0) is 37.8 Å². The molecule has 7 heteroatoms. The lowest BCUT2D eigenvalue weighted by atomic mass is 10.1. The zero-order valence-electron chi connectivity index (χ0n) is 16.3. The highest BCUT2D eigenvalue weighted by atomic mass is 32.1. The molecule has 1 N–H and O–H groups in total. The van der Waals surface area contributed by atoms with E-state index in [1.807, 2.05) is 42.9 Å². The molecule has 0 aliphatic heterocycles. The molecule has 0 spiro atoms. The Kier molecular flexibility index (Phi) is 4.39. The fourth-order valence-electron chi connectivity index (χ4n) is 3.57.